The second-order valence-corrected chi connectivity index (χ2v) is 10.4. The number of methoxy groups -OCH3 is 1. The van der Waals surface area contributed by atoms with Crippen molar-refractivity contribution in [1.82, 2.24) is 5.32 Å². The molecule has 6 nitrogen and oxygen atoms in total. The Bertz CT molecular complexity index is 1190. The molecule has 0 unspecified atom stereocenters. The van der Waals surface area contributed by atoms with Gasteiger partial charge in [0.05, 0.1) is 17.7 Å². The third-order valence-electron chi connectivity index (χ3n) is 5.64. The van der Waals surface area contributed by atoms with Gasteiger partial charge in [-0.1, -0.05) is 55.8 Å². The average molecular weight is 481 g/mol. The third-order valence-corrected chi connectivity index (χ3v) is 7.43. The summed E-state index contributed by atoms with van der Waals surface area (Å²) in [5.41, 5.74) is 3.56. The van der Waals surface area contributed by atoms with Crippen molar-refractivity contribution in [2.24, 2.45) is 0 Å². The van der Waals surface area contributed by atoms with E-state index in [4.69, 9.17) is 4.74 Å². The zero-order valence-electron chi connectivity index (χ0n) is 20.1. The molecular formula is C27H32N2O4S. The second-order valence-electron chi connectivity index (χ2n) is 8.52. The van der Waals surface area contributed by atoms with Crippen LogP contribution in [0.5, 0.6) is 5.75 Å². The molecule has 0 aromatic heterocycles. The number of amides is 1. The van der Waals surface area contributed by atoms with Crippen LogP contribution in [0.1, 0.15) is 36.5 Å². The molecule has 0 fully saturated rings. The molecule has 0 bridgehead atoms. The number of ether oxygens (including phenoxy) is 1. The Labute approximate surface area is 202 Å². The van der Waals surface area contributed by atoms with Crippen LogP contribution in [-0.4, -0.2) is 34.5 Å². The quantitative estimate of drug-likeness (QED) is 0.457. The SMILES string of the molecule is COc1ccc(CCNC(=O)CN(c2ccc(C(C)C)cc2)S(=O)(=O)c2ccc(C)cc2)cc1. The molecule has 0 aliphatic carbocycles. The largest absolute Gasteiger partial charge is 0.497 e. The minimum atomic E-state index is -3.93. The van der Waals surface area contributed by atoms with Crippen LogP contribution in [0.15, 0.2) is 77.7 Å². The number of hydrogen-bond acceptors (Lipinski definition) is 4. The Hall–Kier alpha value is -3.32. The Balaban J connectivity index is 1.77. The van der Waals surface area contributed by atoms with Crippen molar-refractivity contribution < 1.29 is 17.9 Å². The van der Waals surface area contributed by atoms with Crippen molar-refractivity contribution in [2.75, 3.05) is 24.5 Å². The highest BCUT2D eigenvalue weighted by atomic mass is 32.2. The lowest BCUT2D eigenvalue weighted by atomic mass is 10.0. The fourth-order valence-corrected chi connectivity index (χ4v) is 4.92. The predicted molar refractivity (Wildman–Crippen MR) is 136 cm³/mol. The van der Waals surface area contributed by atoms with E-state index in [1.807, 2.05) is 43.3 Å². The lowest BCUT2D eigenvalue weighted by molar-refractivity contribution is -0.119. The lowest BCUT2D eigenvalue weighted by Gasteiger charge is -2.24. The number of nitrogens with zero attached hydrogens (tertiary/aromatic N) is 1. The highest BCUT2D eigenvalue weighted by molar-refractivity contribution is 7.92. The van der Waals surface area contributed by atoms with Gasteiger partial charge in [0.15, 0.2) is 0 Å². The monoisotopic (exact) mass is 480 g/mol. The van der Waals surface area contributed by atoms with Gasteiger partial charge in [0.25, 0.3) is 10.0 Å². The van der Waals surface area contributed by atoms with Crippen molar-refractivity contribution in [3.8, 4) is 5.75 Å². The van der Waals surface area contributed by atoms with Gasteiger partial charge in [-0.15, -0.1) is 0 Å². The average Bonchev–Trinajstić information content (AvgIpc) is 2.83. The second kappa shape index (κ2) is 11.2. The van der Waals surface area contributed by atoms with Gasteiger partial charge >= 0.3 is 0 Å². The summed E-state index contributed by atoms with van der Waals surface area (Å²) in [7, 11) is -2.31. The number of anilines is 1. The summed E-state index contributed by atoms with van der Waals surface area (Å²) in [6, 6.07) is 21.6. The molecule has 0 heterocycles. The first-order valence-electron chi connectivity index (χ1n) is 11.3. The fraction of sp³-hybridized carbons (Fsp3) is 0.296. The molecule has 34 heavy (non-hydrogen) atoms. The van der Waals surface area contributed by atoms with Gasteiger partial charge in [0.2, 0.25) is 5.91 Å². The van der Waals surface area contributed by atoms with E-state index in [9.17, 15) is 13.2 Å². The van der Waals surface area contributed by atoms with Gasteiger partial charge in [-0.05, 0) is 66.8 Å². The smallest absolute Gasteiger partial charge is 0.264 e. The van der Waals surface area contributed by atoms with Crippen molar-refractivity contribution in [3.63, 3.8) is 0 Å². The molecule has 0 aliphatic rings. The molecule has 0 radical (unpaired) electrons. The van der Waals surface area contributed by atoms with E-state index in [0.29, 0.717) is 24.6 Å². The lowest BCUT2D eigenvalue weighted by Crippen LogP contribution is -2.41. The number of benzene rings is 3. The summed E-state index contributed by atoms with van der Waals surface area (Å²) < 4.78 is 33.3. The summed E-state index contributed by atoms with van der Waals surface area (Å²) in [4.78, 5) is 12.9. The highest BCUT2D eigenvalue weighted by Crippen LogP contribution is 2.26. The van der Waals surface area contributed by atoms with E-state index < -0.39 is 10.0 Å². The number of carbonyl (C=O) groups excluding carboxylic acids is 1. The van der Waals surface area contributed by atoms with Gasteiger partial charge in [0.1, 0.15) is 12.3 Å². The maximum absolute atomic E-state index is 13.5. The van der Waals surface area contributed by atoms with E-state index in [-0.39, 0.29) is 17.3 Å². The van der Waals surface area contributed by atoms with Crippen LogP contribution in [0.25, 0.3) is 0 Å². The number of carbonyl (C=O) groups is 1. The summed E-state index contributed by atoms with van der Waals surface area (Å²) >= 11 is 0. The number of aryl methyl sites for hydroxylation is 1. The maximum Gasteiger partial charge on any atom is 0.264 e. The molecule has 1 amide bonds. The Morgan fingerprint density at radius 3 is 2.12 bits per heavy atom. The van der Waals surface area contributed by atoms with E-state index in [1.54, 1.807) is 43.5 Å². The van der Waals surface area contributed by atoms with Crippen molar-refractivity contribution in [1.29, 1.82) is 0 Å². The van der Waals surface area contributed by atoms with Gasteiger partial charge in [-0.25, -0.2) is 8.42 Å². The number of sulfonamides is 1. The molecule has 0 spiro atoms. The van der Waals surface area contributed by atoms with Crippen LogP contribution < -0.4 is 14.4 Å². The normalized spacial score (nSPS) is 11.3. The summed E-state index contributed by atoms with van der Waals surface area (Å²) in [5, 5.41) is 2.85. The molecule has 0 saturated carbocycles. The van der Waals surface area contributed by atoms with Gasteiger partial charge < -0.3 is 10.1 Å². The first kappa shape index (κ1) is 25.3. The van der Waals surface area contributed by atoms with Gasteiger partial charge in [-0.3, -0.25) is 9.10 Å². The van der Waals surface area contributed by atoms with Crippen LogP contribution in [0.4, 0.5) is 5.69 Å². The number of nitrogens with one attached hydrogen (secondary N) is 1. The standard InChI is InChI=1S/C27H32N2O4S/c1-20(2)23-9-11-24(12-10-23)29(34(31,32)26-15-5-21(3)6-16-26)19-27(30)28-18-17-22-7-13-25(33-4)14-8-22/h5-16,20H,17-19H2,1-4H3,(H,28,30). The van der Waals surface area contributed by atoms with Crippen LogP contribution in [-0.2, 0) is 21.2 Å². The molecule has 3 aromatic rings. The molecular weight excluding hydrogens is 448 g/mol. The van der Waals surface area contributed by atoms with Crippen molar-refractivity contribution in [2.45, 2.75) is 38.0 Å². The molecule has 0 aliphatic heterocycles. The molecule has 3 aromatic carbocycles. The molecule has 180 valence electrons. The van der Waals surface area contributed by atoms with Crippen LogP contribution >= 0.6 is 0 Å². The number of rotatable bonds is 10. The van der Waals surface area contributed by atoms with Crippen molar-refractivity contribution in [3.05, 3.63) is 89.5 Å². The fourth-order valence-electron chi connectivity index (χ4n) is 3.50. The van der Waals surface area contributed by atoms with E-state index in [2.05, 4.69) is 19.2 Å². The minimum Gasteiger partial charge on any atom is -0.497 e. The van der Waals surface area contributed by atoms with Crippen LogP contribution in [0, 0.1) is 6.92 Å². The molecule has 1 N–H and O–H groups in total. The van der Waals surface area contributed by atoms with Crippen LogP contribution in [0.2, 0.25) is 0 Å². The Morgan fingerprint density at radius 1 is 0.941 bits per heavy atom. The van der Waals surface area contributed by atoms with Crippen LogP contribution in [0.3, 0.4) is 0 Å². The molecule has 0 saturated heterocycles. The van der Waals surface area contributed by atoms with E-state index in [1.165, 1.54) is 4.31 Å². The zero-order valence-corrected chi connectivity index (χ0v) is 20.9. The van der Waals surface area contributed by atoms with E-state index >= 15 is 0 Å². The van der Waals surface area contributed by atoms with E-state index in [0.717, 1.165) is 22.4 Å². The number of hydrogen-bond donors (Lipinski definition) is 1. The zero-order chi connectivity index (χ0) is 24.7. The maximum atomic E-state index is 13.5. The predicted octanol–water partition coefficient (Wildman–Crippen LogP) is 4.68. The molecule has 7 heteroatoms. The summed E-state index contributed by atoms with van der Waals surface area (Å²) in [6.45, 7) is 6.14. The molecule has 0 atom stereocenters. The summed E-state index contributed by atoms with van der Waals surface area (Å²) in [5.74, 6) is 0.725. The molecule has 3 rings (SSSR count). The minimum absolute atomic E-state index is 0.150. The van der Waals surface area contributed by atoms with Gasteiger partial charge in [-0.2, -0.15) is 0 Å². The van der Waals surface area contributed by atoms with Gasteiger partial charge in [0, 0.05) is 6.54 Å². The first-order chi connectivity index (χ1) is 16.2. The third kappa shape index (κ3) is 6.38. The highest BCUT2D eigenvalue weighted by Gasteiger charge is 2.27. The topological polar surface area (TPSA) is 75.7 Å². The summed E-state index contributed by atoms with van der Waals surface area (Å²) in [6.07, 6.45) is 0.629. The Morgan fingerprint density at radius 2 is 1.56 bits per heavy atom. The first-order valence-corrected chi connectivity index (χ1v) is 12.7. The Kier molecular flexibility index (Phi) is 8.34. The van der Waals surface area contributed by atoms with Crippen molar-refractivity contribution >= 4 is 21.6 Å².